The number of hydrogen-bond donors (Lipinski definition) is 1. The molecule has 0 radical (unpaired) electrons. The number of pyridine rings is 1. The van der Waals surface area contributed by atoms with Gasteiger partial charge in [0, 0.05) is 28.3 Å². The summed E-state index contributed by atoms with van der Waals surface area (Å²) in [6.45, 7) is 2.10. The molecule has 2 atom stereocenters. The standard InChI is InChI=1S/C16H17BrN2/c1-10-4-2-6-12(14(10)17)15(18)13-8-7-11-5-3-9-19-16(11)13/h2-6,9,13,15H,7-8,18H2,1H3. The van der Waals surface area contributed by atoms with E-state index < -0.39 is 0 Å². The quantitative estimate of drug-likeness (QED) is 0.913. The molecule has 3 rings (SSSR count). The summed E-state index contributed by atoms with van der Waals surface area (Å²) >= 11 is 3.67. The van der Waals surface area contributed by atoms with Gasteiger partial charge in [0.1, 0.15) is 0 Å². The molecule has 2 nitrogen and oxygen atoms in total. The van der Waals surface area contributed by atoms with Gasteiger partial charge in [0.15, 0.2) is 0 Å². The molecular weight excluding hydrogens is 300 g/mol. The SMILES string of the molecule is Cc1cccc(C(N)C2CCc3cccnc32)c1Br. The van der Waals surface area contributed by atoms with Crippen molar-refractivity contribution in [3.05, 3.63) is 63.4 Å². The highest BCUT2D eigenvalue weighted by molar-refractivity contribution is 9.10. The number of halogens is 1. The smallest absolute Gasteiger partial charge is 0.0485 e. The number of hydrogen-bond acceptors (Lipinski definition) is 2. The van der Waals surface area contributed by atoms with Crippen LogP contribution in [-0.4, -0.2) is 4.98 Å². The maximum absolute atomic E-state index is 6.51. The maximum atomic E-state index is 6.51. The molecule has 1 aliphatic rings. The van der Waals surface area contributed by atoms with Gasteiger partial charge in [0.05, 0.1) is 0 Å². The highest BCUT2D eigenvalue weighted by Crippen LogP contribution is 2.41. The number of nitrogens with zero attached hydrogens (tertiary/aromatic N) is 1. The van der Waals surface area contributed by atoms with Gasteiger partial charge in [-0.25, -0.2) is 0 Å². The van der Waals surface area contributed by atoms with Crippen molar-refractivity contribution in [1.29, 1.82) is 0 Å². The van der Waals surface area contributed by atoms with Crippen molar-refractivity contribution in [1.82, 2.24) is 4.98 Å². The lowest BCUT2D eigenvalue weighted by atomic mass is 9.91. The topological polar surface area (TPSA) is 38.9 Å². The summed E-state index contributed by atoms with van der Waals surface area (Å²) < 4.78 is 1.13. The van der Waals surface area contributed by atoms with Crippen LogP contribution in [0.1, 0.15) is 40.8 Å². The third-order valence-corrected chi connectivity index (χ3v) is 5.10. The van der Waals surface area contributed by atoms with Gasteiger partial charge in [0.25, 0.3) is 0 Å². The largest absolute Gasteiger partial charge is 0.323 e. The summed E-state index contributed by atoms with van der Waals surface area (Å²) in [5.74, 6) is 0.328. The second-order valence-corrected chi connectivity index (χ2v) is 5.99. The summed E-state index contributed by atoms with van der Waals surface area (Å²) in [5, 5.41) is 0. The van der Waals surface area contributed by atoms with Gasteiger partial charge in [-0.3, -0.25) is 4.98 Å². The first-order valence-corrected chi connectivity index (χ1v) is 7.42. The van der Waals surface area contributed by atoms with Crippen LogP contribution in [0.4, 0.5) is 0 Å². The van der Waals surface area contributed by atoms with E-state index >= 15 is 0 Å². The van der Waals surface area contributed by atoms with Gasteiger partial charge in [-0.05, 0) is 42.5 Å². The fourth-order valence-electron chi connectivity index (χ4n) is 2.94. The fourth-order valence-corrected chi connectivity index (χ4v) is 3.47. The minimum absolute atomic E-state index is 0.00502. The molecule has 1 heterocycles. The van der Waals surface area contributed by atoms with Crippen molar-refractivity contribution >= 4 is 15.9 Å². The van der Waals surface area contributed by atoms with Gasteiger partial charge in [0.2, 0.25) is 0 Å². The third-order valence-electron chi connectivity index (χ3n) is 4.02. The van der Waals surface area contributed by atoms with Crippen LogP contribution in [0.2, 0.25) is 0 Å². The van der Waals surface area contributed by atoms with Crippen LogP contribution < -0.4 is 5.73 Å². The first-order valence-electron chi connectivity index (χ1n) is 6.63. The van der Waals surface area contributed by atoms with E-state index in [0.29, 0.717) is 5.92 Å². The molecule has 1 aromatic carbocycles. The molecule has 2 aromatic rings. The van der Waals surface area contributed by atoms with Crippen molar-refractivity contribution in [2.75, 3.05) is 0 Å². The van der Waals surface area contributed by atoms with Crippen molar-refractivity contribution in [2.24, 2.45) is 5.73 Å². The lowest BCUT2D eigenvalue weighted by Gasteiger charge is -2.21. The zero-order valence-electron chi connectivity index (χ0n) is 10.9. The monoisotopic (exact) mass is 316 g/mol. The second kappa shape index (κ2) is 5.06. The number of rotatable bonds is 2. The first-order chi connectivity index (χ1) is 9.18. The highest BCUT2D eigenvalue weighted by atomic mass is 79.9. The Labute approximate surface area is 122 Å². The molecule has 0 amide bonds. The average Bonchev–Trinajstić information content (AvgIpc) is 2.85. The van der Waals surface area contributed by atoms with Crippen molar-refractivity contribution in [3.63, 3.8) is 0 Å². The molecule has 2 N–H and O–H groups in total. The van der Waals surface area contributed by atoms with E-state index in [1.54, 1.807) is 0 Å². The molecule has 0 spiro atoms. The van der Waals surface area contributed by atoms with Crippen LogP contribution in [0.3, 0.4) is 0 Å². The molecule has 0 bridgehead atoms. The van der Waals surface area contributed by atoms with E-state index in [4.69, 9.17) is 5.73 Å². The first kappa shape index (κ1) is 12.8. The van der Waals surface area contributed by atoms with E-state index in [9.17, 15) is 0 Å². The normalized spacial score (nSPS) is 19.2. The average molecular weight is 317 g/mol. The lowest BCUT2D eigenvalue weighted by molar-refractivity contribution is 0.539. The van der Waals surface area contributed by atoms with E-state index in [0.717, 1.165) is 17.3 Å². The van der Waals surface area contributed by atoms with Crippen LogP contribution >= 0.6 is 15.9 Å². The number of benzene rings is 1. The Kier molecular flexibility index (Phi) is 3.42. The highest BCUT2D eigenvalue weighted by Gasteiger charge is 2.30. The van der Waals surface area contributed by atoms with Gasteiger partial charge < -0.3 is 5.73 Å². The number of aryl methyl sites for hydroxylation is 2. The maximum Gasteiger partial charge on any atom is 0.0485 e. The Balaban J connectivity index is 1.98. The Morgan fingerprint density at radius 3 is 3.00 bits per heavy atom. The summed E-state index contributed by atoms with van der Waals surface area (Å²) in [6, 6.07) is 10.5. The van der Waals surface area contributed by atoms with Crippen LogP contribution in [0.25, 0.3) is 0 Å². The Morgan fingerprint density at radius 1 is 1.32 bits per heavy atom. The summed E-state index contributed by atoms with van der Waals surface area (Å²) in [5.41, 5.74) is 11.5. The zero-order chi connectivity index (χ0) is 13.4. The molecule has 98 valence electrons. The molecule has 1 aliphatic carbocycles. The second-order valence-electron chi connectivity index (χ2n) is 5.20. The summed E-state index contributed by atoms with van der Waals surface area (Å²) in [7, 11) is 0. The fraction of sp³-hybridized carbons (Fsp3) is 0.312. The molecule has 0 saturated heterocycles. The van der Waals surface area contributed by atoms with Crippen LogP contribution in [-0.2, 0) is 6.42 Å². The molecule has 3 heteroatoms. The van der Waals surface area contributed by atoms with Crippen molar-refractivity contribution < 1.29 is 0 Å². The predicted molar refractivity (Wildman–Crippen MR) is 81.1 cm³/mol. The van der Waals surface area contributed by atoms with Gasteiger partial charge in [-0.15, -0.1) is 0 Å². The molecule has 1 aromatic heterocycles. The van der Waals surface area contributed by atoms with E-state index in [1.807, 2.05) is 12.3 Å². The van der Waals surface area contributed by atoms with Gasteiger partial charge in [-0.2, -0.15) is 0 Å². The third kappa shape index (κ3) is 2.21. The Bertz CT molecular complexity index is 609. The number of nitrogens with two attached hydrogens (primary N) is 1. The van der Waals surface area contributed by atoms with Crippen molar-refractivity contribution in [3.8, 4) is 0 Å². The molecule has 0 aliphatic heterocycles. The number of aromatic nitrogens is 1. The van der Waals surface area contributed by atoms with Crippen LogP contribution in [0, 0.1) is 6.92 Å². The van der Waals surface area contributed by atoms with Crippen LogP contribution in [0.15, 0.2) is 41.0 Å². The summed E-state index contributed by atoms with van der Waals surface area (Å²) in [4.78, 5) is 4.54. The van der Waals surface area contributed by atoms with Crippen molar-refractivity contribution in [2.45, 2.75) is 31.7 Å². The Morgan fingerprint density at radius 2 is 2.16 bits per heavy atom. The minimum Gasteiger partial charge on any atom is -0.323 e. The Hall–Kier alpha value is -1.19. The van der Waals surface area contributed by atoms with Crippen LogP contribution in [0.5, 0.6) is 0 Å². The van der Waals surface area contributed by atoms with E-state index in [-0.39, 0.29) is 6.04 Å². The lowest BCUT2D eigenvalue weighted by Crippen LogP contribution is -2.19. The minimum atomic E-state index is 0.00502. The molecule has 2 unspecified atom stereocenters. The molecule has 19 heavy (non-hydrogen) atoms. The molecular formula is C16H17BrN2. The number of fused-ring (bicyclic) bond motifs is 1. The summed E-state index contributed by atoms with van der Waals surface area (Å²) in [6.07, 6.45) is 4.05. The van der Waals surface area contributed by atoms with E-state index in [2.05, 4.69) is 52.1 Å². The van der Waals surface area contributed by atoms with E-state index in [1.165, 1.54) is 22.4 Å². The molecule has 0 fully saturated rings. The molecule has 0 saturated carbocycles. The van der Waals surface area contributed by atoms with Gasteiger partial charge in [-0.1, -0.05) is 40.2 Å². The predicted octanol–water partition coefficient (Wildman–Crippen LogP) is 3.88. The van der Waals surface area contributed by atoms with Gasteiger partial charge >= 0.3 is 0 Å². The zero-order valence-corrected chi connectivity index (χ0v) is 12.5.